The van der Waals surface area contributed by atoms with Crippen molar-refractivity contribution in [2.24, 2.45) is 0 Å². The Kier molecular flexibility index (Phi) is 3.43. The van der Waals surface area contributed by atoms with Crippen molar-refractivity contribution in [2.75, 3.05) is 7.11 Å². The van der Waals surface area contributed by atoms with E-state index in [0.29, 0.717) is 22.8 Å². The van der Waals surface area contributed by atoms with Crippen LogP contribution in [-0.2, 0) is 0 Å². The smallest absolute Gasteiger partial charge is 0.169 e. The summed E-state index contributed by atoms with van der Waals surface area (Å²) < 4.78 is 26.1. The highest BCUT2D eigenvalue weighted by Crippen LogP contribution is 2.34. The maximum Gasteiger partial charge on any atom is 0.169 e. The summed E-state index contributed by atoms with van der Waals surface area (Å²) in [4.78, 5) is 0. The highest BCUT2D eigenvalue weighted by Gasteiger charge is 2.11. The molecule has 0 amide bonds. The fourth-order valence-electron chi connectivity index (χ4n) is 2.31. The number of hydrogen-bond acceptors (Lipinski definition) is 3. The molecule has 2 aromatic heterocycles. The van der Waals surface area contributed by atoms with E-state index in [4.69, 9.17) is 14.7 Å². The minimum Gasteiger partial charge on any atom is -0.493 e. The molecule has 1 aromatic carbocycles. The van der Waals surface area contributed by atoms with Gasteiger partial charge in [-0.3, -0.25) is 0 Å². The van der Waals surface area contributed by atoms with E-state index < -0.39 is 5.82 Å². The SMILES string of the molecule is COc1cc(F)ccc1Oc1cc(C)cn2cc(C#N)cc12. The Bertz CT molecular complexity index is 894. The summed E-state index contributed by atoms with van der Waals surface area (Å²) in [6.45, 7) is 1.93. The first-order chi connectivity index (χ1) is 10.6. The zero-order valence-corrected chi connectivity index (χ0v) is 12.1. The fourth-order valence-corrected chi connectivity index (χ4v) is 2.31. The number of rotatable bonds is 3. The third-order valence-electron chi connectivity index (χ3n) is 3.28. The molecule has 0 saturated carbocycles. The fraction of sp³-hybridized carbons (Fsp3) is 0.118. The lowest BCUT2D eigenvalue weighted by Crippen LogP contribution is -1.94. The van der Waals surface area contributed by atoms with Crippen LogP contribution in [0.5, 0.6) is 17.2 Å². The normalized spacial score (nSPS) is 10.5. The molecule has 0 fully saturated rings. The summed E-state index contributed by atoms with van der Waals surface area (Å²) in [5.41, 5.74) is 2.28. The lowest BCUT2D eigenvalue weighted by Gasteiger charge is -2.12. The van der Waals surface area contributed by atoms with Gasteiger partial charge in [0, 0.05) is 18.5 Å². The number of halogens is 1. The number of ether oxygens (including phenoxy) is 2. The van der Waals surface area contributed by atoms with Crippen molar-refractivity contribution < 1.29 is 13.9 Å². The quantitative estimate of drug-likeness (QED) is 0.732. The van der Waals surface area contributed by atoms with E-state index in [0.717, 1.165) is 11.1 Å². The van der Waals surface area contributed by atoms with Crippen LogP contribution < -0.4 is 9.47 Å². The molecule has 0 bridgehead atoms. The molecule has 3 aromatic rings. The minimum atomic E-state index is -0.395. The van der Waals surface area contributed by atoms with Crippen LogP contribution in [0.3, 0.4) is 0 Å². The molecule has 0 N–H and O–H groups in total. The molecule has 0 aliphatic carbocycles. The van der Waals surface area contributed by atoms with Crippen molar-refractivity contribution in [3.8, 4) is 23.3 Å². The van der Waals surface area contributed by atoms with E-state index in [1.807, 2.05) is 23.6 Å². The van der Waals surface area contributed by atoms with Gasteiger partial charge in [0.25, 0.3) is 0 Å². The first kappa shape index (κ1) is 14.0. The van der Waals surface area contributed by atoms with E-state index in [1.165, 1.54) is 25.3 Å². The molecule has 0 aliphatic heterocycles. The van der Waals surface area contributed by atoms with Crippen LogP contribution in [0.2, 0.25) is 0 Å². The van der Waals surface area contributed by atoms with Gasteiger partial charge in [0.2, 0.25) is 0 Å². The van der Waals surface area contributed by atoms with Gasteiger partial charge in [0.05, 0.1) is 18.2 Å². The maximum absolute atomic E-state index is 13.3. The van der Waals surface area contributed by atoms with E-state index in [2.05, 4.69) is 6.07 Å². The molecule has 5 heteroatoms. The van der Waals surface area contributed by atoms with Gasteiger partial charge >= 0.3 is 0 Å². The first-order valence-corrected chi connectivity index (χ1v) is 6.64. The van der Waals surface area contributed by atoms with Crippen molar-refractivity contribution in [2.45, 2.75) is 6.92 Å². The summed E-state index contributed by atoms with van der Waals surface area (Å²) in [5, 5.41) is 9.04. The summed E-state index contributed by atoms with van der Waals surface area (Å²) in [6.07, 6.45) is 3.64. The predicted molar refractivity (Wildman–Crippen MR) is 79.9 cm³/mol. The first-order valence-electron chi connectivity index (χ1n) is 6.64. The Labute approximate surface area is 126 Å². The second kappa shape index (κ2) is 5.41. The molecule has 3 rings (SSSR count). The second-order valence-corrected chi connectivity index (χ2v) is 4.91. The van der Waals surface area contributed by atoms with Crippen LogP contribution in [0.1, 0.15) is 11.1 Å². The minimum absolute atomic E-state index is 0.312. The summed E-state index contributed by atoms with van der Waals surface area (Å²) >= 11 is 0. The van der Waals surface area contributed by atoms with Crippen LogP contribution in [0, 0.1) is 24.1 Å². The maximum atomic E-state index is 13.3. The molecule has 2 heterocycles. The number of pyridine rings is 1. The molecule has 0 radical (unpaired) electrons. The molecule has 0 saturated heterocycles. The van der Waals surface area contributed by atoms with E-state index in [-0.39, 0.29) is 0 Å². The topological polar surface area (TPSA) is 46.7 Å². The number of methoxy groups -OCH3 is 1. The molecular formula is C17H13FN2O2. The molecule has 110 valence electrons. The van der Waals surface area contributed by atoms with Gasteiger partial charge in [-0.1, -0.05) is 0 Å². The van der Waals surface area contributed by atoms with Crippen molar-refractivity contribution in [3.63, 3.8) is 0 Å². The summed E-state index contributed by atoms with van der Waals surface area (Å²) in [5.74, 6) is 0.905. The zero-order valence-electron chi connectivity index (χ0n) is 12.1. The Morgan fingerprint density at radius 3 is 2.64 bits per heavy atom. The largest absolute Gasteiger partial charge is 0.493 e. The number of aromatic nitrogens is 1. The Morgan fingerprint density at radius 1 is 1.09 bits per heavy atom. The standard InChI is InChI=1S/C17H13FN2O2/c1-11-5-16(14-6-12(8-19)10-20(14)9-11)22-15-4-3-13(18)7-17(15)21-2/h3-7,9-10H,1-2H3. The Hall–Kier alpha value is -3.00. The van der Waals surface area contributed by atoms with Crippen molar-refractivity contribution in [1.29, 1.82) is 5.26 Å². The van der Waals surface area contributed by atoms with Gasteiger partial charge in [-0.2, -0.15) is 5.26 Å². The highest BCUT2D eigenvalue weighted by molar-refractivity contribution is 5.66. The average molecular weight is 296 g/mol. The average Bonchev–Trinajstić information content (AvgIpc) is 2.92. The molecule has 22 heavy (non-hydrogen) atoms. The van der Waals surface area contributed by atoms with Crippen molar-refractivity contribution in [1.82, 2.24) is 4.40 Å². The van der Waals surface area contributed by atoms with Gasteiger partial charge in [0.1, 0.15) is 11.9 Å². The zero-order chi connectivity index (χ0) is 15.7. The molecule has 0 aliphatic rings. The van der Waals surface area contributed by atoms with Crippen molar-refractivity contribution >= 4 is 5.52 Å². The molecule has 0 unspecified atom stereocenters. The number of fused-ring (bicyclic) bond motifs is 1. The number of nitriles is 1. The lowest BCUT2D eigenvalue weighted by atomic mass is 10.2. The van der Waals surface area contributed by atoms with Crippen LogP contribution in [0.4, 0.5) is 4.39 Å². The van der Waals surface area contributed by atoms with E-state index in [1.54, 1.807) is 12.3 Å². The van der Waals surface area contributed by atoms with Crippen molar-refractivity contribution in [3.05, 3.63) is 59.7 Å². The highest BCUT2D eigenvalue weighted by atomic mass is 19.1. The molecule has 4 nitrogen and oxygen atoms in total. The van der Waals surface area contributed by atoms with Crippen LogP contribution in [-0.4, -0.2) is 11.5 Å². The van der Waals surface area contributed by atoms with Crippen LogP contribution in [0.15, 0.2) is 42.7 Å². The van der Waals surface area contributed by atoms with Gasteiger partial charge in [-0.25, -0.2) is 4.39 Å². The van der Waals surface area contributed by atoms with E-state index in [9.17, 15) is 4.39 Å². The third-order valence-corrected chi connectivity index (χ3v) is 3.28. The van der Waals surface area contributed by atoms with Crippen LogP contribution >= 0.6 is 0 Å². The number of nitrogens with zero attached hydrogens (tertiary/aromatic N) is 2. The summed E-state index contributed by atoms with van der Waals surface area (Å²) in [6, 6.07) is 9.80. The van der Waals surface area contributed by atoms with Gasteiger partial charge in [-0.05, 0) is 36.8 Å². The molecule has 0 atom stereocenters. The Balaban J connectivity index is 2.11. The number of benzene rings is 1. The van der Waals surface area contributed by atoms with Gasteiger partial charge < -0.3 is 13.9 Å². The second-order valence-electron chi connectivity index (χ2n) is 4.91. The number of hydrogen-bond donors (Lipinski definition) is 0. The Morgan fingerprint density at radius 2 is 1.91 bits per heavy atom. The molecular weight excluding hydrogens is 283 g/mol. The van der Waals surface area contributed by atoms with Gasteiger partial charge in [-0.15, -0.1) is 0 Å². The predicted octanol–water partition coefficient (Wildman–Crippen LogP) is 4.06. The third kappa shape index (κ3) is 2.47. The van der Waals surface area contributed by atoms with Crippen LogP contribution in [0.25, 0.3) is 5.52 Å². The monoisotopic (exact) mass is 296 g/mol. The summed E-state index contributed by atoms with van der Waals surface area (Å²) in [7, 11) is 1.46. The number of aryl methyl sites for hydroxylation is 1. The lowest BCUT2D eigenvalue weighted by molar-refractivity contribution is 0.376. The molecule has 0 spiro atoms. The van der Waals surface area contributed by atoms with E-state index >= 15 is 0 Å². The van der Waals surface area contributed by atoms with Gasteiger partial charge in [0.15, 0.2) is 17.2 Å².